The van der Waals surface area contributed by atoms with E-state index in [4.69, 9.17) is 9.15 Å². The van der Waals surface area contributed by atoms with Crippen LogP contribution in [0.15, 0.2) is 70.0 Å². The maximum Gasteiger partial charge on any atom is 0.343 e. The van der Waals surface area contributed by atoms with Crippen LogP contribution in [-0.2, 0) is 16.0 Å². The maximum absolute atomic E-state index is 11.4. The molecule has 0 unspecified atom stereocenters. The normalized spacial score (nSPS) is 18.7. The van der Waals surface area contributed by atoms with E-state index in [2.05, 4.69) is 39.0 Å². The summed E-state index contributed by atoms with van der Waals surface area (Å²) >= 11 is 0. The molecule has 0 saturated carbocycles. The van der Waals surface area contributed by atoms with Crippen molar-refractivity contribution >= 4 is 5.97 Å². The van der Waals surface area contributed by atoms with Gasteiger partial charge in [-0.2, -0.15) is 0 Å². The summed E-state index contributed by atoms with van der Waals surface area (Å²) in [4.78, 5) is 11.4. The highest BCUT2D eigenvalue weighted by molar-refractivity contribution is 5.93. The van der Waals surface area contributed by atoms with E-state index >= 15 is 0 Å². The molecule has 4 nitrogen and oxygen atoms in total. The molecule has 1 aliphatic rings. The van der Waals surface area contributed by atoms with Crippen molar-refractivity contribution in [2.24, 2.45) is 11.8 Å². The first-order valence-corrected chi connectivity index (χ1v) is 10.6. The number of aryl methyl sites for hydroxylation is 1. The fourth-order valence-corrected chi connectivity index (χ4v) is 3.32. The molecule has 29 heavy (non-hydrogen) atoms. The van der Waals surface area contributed by atoms with Crippen molar-refractivity contribution < 1.29 is 19.1 Å². The molecule has 0 aliphatic carbocycles. The van der Waals surface area contributed by atoms with Gasteiger partial charge in [-0.1, -0.05) is 37.6 Å². The Kier molecular flexibility index (Phi) is 9.04. The van der Waals surface area contributed by atoms with Crippen LogP contribution < -0.4 is 0 Å². The van der Waals surface area contributed by atoms with Gasteiger partial charge >= 0.3 is 5.97 Å². The molecule has 2 atom stereocenters. The van der Waals surface area contributed by atoms with E-state index in [1.807, 2.05) is 18.4 Å². The van der Waals surface area contributed by atoms with E-state index in [0.29, 0.717) is 11.7 Å². The number of aliphatic hydroxyl groups is 1. The van der Waals surface area contributed by atoms with Gasteiger partial charge in [0.25, 0.3) is 0 Å². The highest BCUT2D eigenvalue weighted by Crippen LogP contribution is 2.26. The van der Waals surface area contributed by atoms with Crippen molar-refractivity contribution in [2.45, 2.75) is 66.2 Å². The number of hydrogen-bond acceptors (Lipinski definition) is 4. The zero-order valence-corrected chi connectivity index (χ0v) is 18.1. The second-order valence-corrected chi connectivity index (χ2v) is 8.16. The van der Waals surface area contributed by atoms with E-state index in [1.165, 1.54) is 24.0 Å². The summed E-state index contributed by atoms with van der Waals surface area (Å²) in [7, 11) is 0. The molecule has 0 aromatic carbocycles. The molecule has 1 aromatic heterocycles. The maximum atomic E-state index is 11.4. The number of carbonyl (C=O) groups is 1. The number of aliphatic hydroxyl groups excluding tert-OH is 1. The van der Waals surface area contributed by atoms with Crippen LogP contribution in [-0.4, -0.2) is 11.1 Å². The number of carbonyl (C=O) groups excluding carboxylic acids is 1. The van der Waals surface area contributed by atoms with Crippen molar-refractivity contribution in [1.82, 2.24) is 0 Å². The van der Waals surface area contributed by atoms with Crippen LogP contribution in [0.1, 0.15) is 65.4 Å². The van der Waals surface area contributed by atoms with Gasteiger partial charge in [0.1, 0.15) is 0 Å². The lowest BCUT2D eigenvalue weighted by Gasteiger charge is -2.08. The lowest BCUT2D eigenvalue weighted by Crippen LogP contribution is -1.97. The van der Waals surface area contributed by atoms with E-state index in [0.717, 1.165) is 25.7 Å². The van der Waals surface area contributed by atoms with Gasteiger partial charge in [-0.15, -0.1) is 0 Å². The van der Waals surface area contributed by atoms with Crippen LogP contribution in [0, 0.1) is 11.8 Å². The molecule has 1 N–H and O–H groups in total. The molecule has 1 aliphatic heterocycles. The zero-order valence-electron chi connectivity index (χ0n) is 18.1. The Hall–Kier alpha value is -2.49. The third kappa shape index (κ3) is 7.80. The Bertz CT molecular complexity index is 778. The van der Waals surface area contributed by atoms with Gasteiger partial charge in [0.05, 0.1) is 18.1 Å². The number of cyclic esters (lactones) is 1. The molecule has 1 aromatic rings. The van der Waals surface area contributed by atoms with E-state index in [1.54, 1.807) is 13.2 Å². The largest absolute Gasteiger partial charge is 0.504 e. The van der Waals surface area contributed by atoms with Gasteiger partial charge in [0.2, 0.25) is 0 Å². The second kappa shape index (κ2) is 11.5. The summed E-state index contributed by atoms with van der Waals surface area (Å²) in [5, 5.41) is 9.88. The number of rotatable bonds is 11. The van der Waals surface area contributed by atoms with Crippen LogP contribution in [0.5, 0.6) is 0 Å². The van der Waals surface area contributed by atoms with Crippen LogP contribution >= 0.6 is 0 Å². The Labute approximate surface area is 174 Å². The predicted octanol–water partition coefficient (Wildman–Crippen LogP) is 6.82. The molecule has 158 valence electrons. The number of furan rings is 1. The molecule has 0 amide bonds. The highest BCUT2D eigenvalue weighted by atomic mass is 16.6. The van der Waals surface area contributed by atoms with Gasteiger partial charge in [-0.05, 0) is 81.9 Å². The SMILES string of the molecule is CC(=CC=C[C@@H](C)CCCc1ccoc1)CCC[C@@H](C)C=C1OC(=O)C(C)=C1O. The monoisotopic (exact) mass is 398 g/mol. The van der Waals surface area contributed by atoms with Gasteiger partial charge in [-0.25, -0.2) is 4.79 Å². The summed E-state index contributed by atoms with van der Waals surface area (Å²) < 4.78 is 10.2. The van der Waals surface area contributed by atoms with Crippen molar-refractivity contribution in [3.05, 3.63) is 71.1 Å². The Morgan fingerprint density at radius 3 is 2.62 bits per heavy atom. The Morgan fingerprint density at radius 1 is 1.21 bits per heavy atom. The van der Waals surface area contributed by atoms with Gasteiger partial charge in [-0.3, -0.25) is 0 Å². The second-order valence-electron chi connectivity index (χ2n) is 8.16. The van der Waals surface area contributed by atoms with Crippen molar-refractivity contribution in [1.29, 1.82) is 0 Å². The summed E-state index contributed by atoms with van der Waals surface area (Å²) in [6.45, 7) is 8.07. The molecule has 2 rings (SSSR count). The fourth-order valence-electron chi connectivity index (χ4n) is 3.32. The third-order valence-corrected chi connectivity index (χ3v) is 5.29. The van der Waals surface area contributed by atoms with Crippen LogP contribution in [0.25, 0.3) is 0 Å². The molecular weight excluding hydrogens is 364 g/mol. The first-order valence-electron chi connectivity index (χ1n) is 10.6. The first kappa shape index (κ1) is 22.8. The van der Waals surface area contributed by atoms with Gasteiger partial charge in [0.15, 0.2) is 11.5 Å². The molecular formula is C25H34O4. The average molecular weight is 399 g/mol. The lowest BCUT2D eigenvalue weighted by atomic mass is 9.99. The van der Waals surface area contributed by atoms with E-state index < -0.39 is 5.97 Å². The molecule has 0 fully saturated rings. The number of allylic oxidation sites excluding steroid dienone is 5. The van der Waals surface area contributed by atoms with Crippen molar-refractivity contribution in [3.63, 3.8) is 0 Å². The minimum absolute atomic E-state index is 0.0260. The molecule has 4 heteroatoms. The minimum atomic E-state index is -0.456. The van der Waals surface area contributed by atoms with Crippen LogP contribution in [0.3, 0.4) is 0 Å². The quantitative estimate of drug-likeness (QED) is 0.328. The molecule has 0 bridgehead atoms. The number of esters is 1. The summed E-state index contributed by atoms with van der Waals surface area (Å²) in [5.41, 5.74) is 2.91. The summed E-state index contributed by atoms with van der Waals surface area (Å²) in [6.07, 6.45) is 18.5. The molecule has 0 radical (unpaired) electrons. The fraction of sp³-hybridized carbons (Fsp3) is 0.480. The highest BCUT2D eigenvalue weighted by Gasteiger charge is 2.26. The molecule has 0 spiro atoms. The van der Waals surface area contributed by atoms with E-state index in [9.17, 15) is 9.90 Å². The van der Waals surface area contributed by atoms with E-state index in [-0.39, 0.29) is 17.3 Å². The minimum Gasteiger partial charge on any atom is -0.504 e. The Morgan fingerprint density at radius 2 is 1.97 bits per heavy atom. The van der Waals surface area contributed by atoms with Crippen LogP contribution in [0.2, 0.25) is 0 Å². The topological polar surface area (TPSA) is 59.7 Å². The lowest BCUT2D eigenvalue weighted by molar-refractivity contribution is -0.133. The number of ether oxygens (including phenoxy) is 1. The Balaban J connectivity index is 1.65. The molecule has 0 saturated heterocycles. The average Bonchev–Trinajstić information content (AvgIpc) is 3.27. The van der Waals surface area contributed by atoms with Crippen molar-refractivity contribution in [2.75, 3.05) is 0 Å². The zero-order chi connectivity index (χ0) is 21.2. The van der Waals surface area contributed by atoms with Gasteiger partial charge in [0, 0.05) is 0 Å². The first-order chi connectivity index (χ1) is 13.9. The smallest absolute Gasteiger partial charge is 0.343 e. The third-order valence-electron chi connectivity index (χ3n) is 5.29. The number of hydrogen-bond donors (Lipinski definition) is 1. The van der Waals surface area contributed by atoms with Gasteiger partial charge < -0.3 is 14.3 Å². The molecule has 2 heterocycles. The summed E-state index contributed by atoms with van der Waals surface area (Å²) in [6, 6.07) is 2.03. The standard InChI is InChI=1S/C25H34O4/c1-18(8-5-9-19(2)11-7-13-22-14-15-28-17-22)10-6-12-20(3)16-23-24(26)21(4)25(27)29-23/h5,8-9,14-17,19-20,26H,6-7,10-13H2,1-4H3/t19-,20-/m1/s1. The van der Waals surface area contributed by atoms with Crippen molar-refractivity contribution in [3.8, 4) is 0 Å². The summed E-state index contributed by atoms with van der Waals surface area (Å²) in [5.74, 6) is 0.626. The predicted molar refractivity (Wildman–Crippen MR) is 116 cm³/mol. The van der Waals surface area contributed by atoms with Crippen LogP contribution in [0.4, 0.5) is 0 Å².